The molecule has 4 rings (SSSR count). The Balaban J connectivity index is 1.50. The van der Waals surface area contributed by atoms with E-state index in [0.717, 1.165) is 18.9 Å². The number of imidazole rings is 1. The first-order chi connectivity index (χ1) is 13.0. The minimum atomic E-state index is -1.09. The average molecular weight is 377 g/mol. The summed E-state index contributed by atoms with van der Waals surface area (Å²) in [5.74, 6) is -1.29. The number of fused-ring (bicyclic) bond motifs is 1. The van der Waals surface area contributed by atoms with Crippen molar-refractivity contribution < 1.29 is 23.4 Å². The number of carbonyl (C=O) groups excluding carboxylic acids is 1. The SMILES string of the molecule is O=C(NC1CCC(c2cccc(F)c2F)Cn2ccnc21)OC(O)C1CC1. The van der Waals surface area contributed by atoms with Crippen molar-refractivity contribution in [2.45, 2.75) is 50.5 Å². The normalized spacial score (nSPS) is 23.2. The highest BCUT2D eigenvalue weighted by Crippen LogP contribution is 2.35. The zero-order valence-corrected chi connectivity index (χ0v) is 14.6. The molecular formula is C19H21F2N3O3. The molecule has 3 atom stereocenters. The maximum atomic E-state index is 14.2. The van der Waals surface area contributed by atoms with Gasteiger partial charge in [0.1, 0.15) is 5.82 Å². The molecule has 1 aliphatic carbocycles. The van der Waals surface area contributed by atoms with Crippen LogP contribution in [-0.4, -0.2) is 27.0 Å². The number of aliphatic hydroxyl groups excluding tert-OH is 1. The summed E-state index contributed by atoms with van der Waals surface area (Å²) >= 11 is 0. The molecule has 2 aliphatic rings. The molecule has 8 heteroatoms. The number of alkyl carbamates (subject to hydrolysis) is 1. The minimum absolute atomic E-state index is 0.0206. The Hall–Kier alpha value is -2.48. The van der Waals surface area contributed by atoms with Gasteiger partial charge in [0.05, 0.1) is 6.04 Å². The van der Waals surface area contributed by atoms with Gasteiger partial charge in [-0.3, -0.25) is 0 Å². The lowest BCUT2D eigenvalue weighted by atomic mass is 9.93. The van der Waals surface area contributed by atoms with Crippen molar-refractivity contribution in [2.24, 2.45) is 5.92 Å². The summed E-state index contributed by atoms with van der Waals surface area (Å²) in [6, 6.07) is 3.76. The lowest BCUT2D eigenvalue weighted by Gasteiger charge is -2.18. The van der Waals surface area contributed by atoms with E-state index in [1.165, 1.54) is 6.07 Å². The van der Waals surface area contributed by atoms with Crippen LogP contribution in [0.15, 0.2) is 30.6 Å². The van der Waals surface area contributed by atoms with Crippen molar-refractivity contribution in [3.8, 4) is 0 Å². The van der Waals surface area contributed by atoms with Gasteiger partial charge in [0.15, 0.2) is 11.6 Å². The van der Waals surface area contributed by atoms with Crippen LogP contribution in [0.3, 0.4) is 0 Å². The zero-order valence-electron chi connectivity index (χ0n) is 14.6. The number of rotatable bonds is 4. The van der Waals surface area contributed by atoms with E-state index in [1.54, 1.807) is 18.5 Å². The number of ether oxygens (including phenoxy) is 1. The molecule has 1 aliphatic heterocycles. The predicted octanol–water partition coefficient (Wildman–Crippen LogP) is 3.23. The van der Waals surface area contributed by atoms with Gasteiger partial charge in [0.25, 0.3) is 0 Å². The number of amides is 1. The number of aliphatic hydroxyl groups is 1. The monoisotopic (exact) mass is 377 g/mol. The third kappa shape index (κ3) is 3.80. The lowest BCUT2D eigenvalue weighted by molar-refractivity contribution is -0.0672. The second-order valence-corrected chi connectivity index (χ2v) is 7.19. The van der Waals surface area contributed by atoms with Gasteiger partial charge in [0, 0.05) is 30.8 Å². The summed E-state index contributed by atoms with van der Waals surface area (Å²) in [6.45, 7) is 0.438. The van der Waals surface area contributed by atoms with Crippen LogP contribution in [-0.2, 0) is 11.3 Å². The van der Waals surface area contributed by atoms with E-state index in [2.05, 4.69) is 10.3 Å². The van der Waals surface area contributed by atoms with E-state index in [4.69, 9.17) is 4.74 Å². The van der Waals surface area contributed by atoms with E-state index < -0.39 is 30.1 Å². The number of hydrogen-bond acceptors (Lipinski definition) is 4. The van der Waals surface area contributed by atoms with Gasteiger partial charge in [0.2, 0.25) is 6.29 Å². The van der Waals surface area contributed by atoms with Crippen LogP contribution in [0.4, 0.5) is 13.6 Å². The number of carbonyl (C=O) groups is 1. The van der Waals surface area contributed by atoms with Crippen LogP contribution in [0.5, 0.6) is 0 Å². The Kier molecular flexibility index (Phi) is 4.82. The highest BCUT2D eigenvalue weighted by atomic mass is 19.2. The van der Waals surface area contributed by atoms with E-state index >= 15 is 0 Å². The number of halogens is 2. The van der Waals surface area contributed by atoms with Crippen molar-refractivity contribution >= 4 is 6.09 Å². The van der Waals surface area contributed by atoms with Gasteiger partial charge >= 0.3 is 6.09 Å². The highest BCUT2D eigenvalue weighted by Gasteiger charge is 2.34. The quantitative estimate of drug-likeness (QED) is 0.802. The Labute approximate surface area is 155 Å². The summed E-state index contributed by atoms with van der Waals surface area (Å²) in [5, 5.41) is 12.5. The van der Waals surface area contributed by atoms with Gasteiger partial charge in [-0.05, 0) is 37.3 Å². The summed E-state index contributed by atoms with van der Waals surface area (Å²) in [5.41, 5.74) is 0.321. The van der Waals surface area contributed by atoms with E-state index in [0.29, 0.717) is 30.8 Å². The van der Waals surface area contributed by atoms with Crippen molar-refractivity contribution in [2.75, 3.05) is 0 Å². The molecule has 0 spiro atoms. The van der Waals surface area contributed by atoms with Crippen LogP contribution >= 0.6 is 0 Å². The van der Waals surface area contributed by atoms with Gasteiger partial charge in [-0.1, -0.05) is 12.1 Å². The van der Waals surface area contributed by atoms with Crippen LogP contribution in [0.2, 0.25) is 0 Å². The first-order valence-electron chi connectivity index (χ1n) is 9.13. The summed E-state index contributed by atoms with van der Waals surface area (Å²) in [7, 11) is 0. The largest absolute Gasteiger partial charge is 0.420 e. The molecule has 27 heavy (non-hydrogen) atoms. The molecule has 2 heterocycles. The third-order valence-electron chi connectivity index (χ3n) is 5.25. The van der Waals surface area contributed by atoms with Crippen molar-refractivity contribution in [3.63, 3.8) is 0 Å². The lowest BCUT2D eigenvalue weighted by Crippen LogP contribution is -2.33. The minimum Gasteiger partial charge on any atom is -0.420 e. The summed E-state index contributed by atoms with van der Waals surface area (Å²) in [4.78, 5) is 16.4. The molecule has 0 radical (unpaired) electrons. The standard InChI is InChI=1S/C19H21F2N3O3/c20-14-3-1-2-13(16(14)21)12-6-7-15(17-22-8-9-24(17)10-12)23-19(26)27-18(25)11-4-5-11/h1-3,8-9,11-12,15,18,25H,4-7,10H2,(H,23,26). The van der Waals surface area contributed by atoms with Crippen molar-refractivity contribution in [1.29, 1.82) is 0 Å². The topological polar surface area (TPSA) is 76.4 Å². The fourth-order valence-corrected chi connectivity index (χ4v) is 3.60. The summed E-state index contributed by atoms with van der Waals surface area (Å²) < 4.78 is 34.7. The molecule has 3 unspecified atom stereocenters. The van der Waals surface area contributed by atoms with E-state index in [9.17, 15) is 18.7 Å². The molecule has 1 amide bonds. The first-order valence-corrected chi connectivity index (χ1v) is 9.13. The number of hydrogen-bond donors (Lipinski definition) is 2. The van der Waals surface area contributed by atoms with Gasteiger partial charge in [-0.25, -0.2) is 18.6 Å². The molecule has 1 saturated carbocycles. The summed E-state index contributed by atoms with van der Waals surface area (Å²) in [6.07, 6.45) is 4.30. The number of nitrogens with zero attached hydrogens (tertiary/aromatic N) is 2. The fourth-order valence-electron chi connectivity index (χ4n) is 3.60. The maximum absolute atomic E-state index is 14.2. The smallest absolute Gasteiger partial charge is 0.410 e. The third-order valence-corrected chi connectivity index (χ3v) is 5.25. The predicted molar refractivity (Wildman–Crippen MR) is 91.6 cm³/mol. The van der Waals surface area contributed by atoms with Crippen LogP contribution in [0, 0.1) is 17.6 Å². The molecule has 6 nitrogen and oxygen atoms in total. The molecule has 1 aromatic heterocycles. The highest BCUT2D eigenvalue weighted by molar-refractivity contribution is 5.67. The number of aromatic nitrogens is 2. The molecule has 2 aromatic rings. The molecular weight excluding hydrogens is 356 g/mol. The van der Waals surface area contributed by atoms with Crippen molar-refractivity contribution in [1.82, 2.24) is 14.9 Å². The Bertz CT molecular complexity index is 837. The maximum Gasteiger partial charge on any atom is 0.410 e. The average Bonchev–Trinajstić information content (AvgIpc) is 3.42. The number of nitrogens with one attached hydrogen (secondary N) is 1. The van der Waals surface area contributed by atoms with Gasteiger partial charge in [-0.2, -0.15) is 0 Å². The Morgan fingerprint density at radius 2 is 2.11 bits per heavy atom. The van der Waals surface area contributed by atoms with Crippen LogP contribution < -0.4 is 5.32 Å². The van der Waals surface area contributed by atoms with Gasteiger partial charge in [-0.15, -0.1) is 0 Å². The van der Waals surface area contributed by atoms with E-state index in [-0.39, 0.29) is 11.8 Å². The second kappa shape index (κ2) is 7.26. The molecule has 0 saturated heterocycles. The Morgan fingerprint density at radius 3 is 2.89 bits per heavy atom. The van der Waals surface area contributed by atoms with Crippen molar-refractivity contribution in [3.05, 3.63) is 53.6 Å². The second-order valence-electron chi connectivity index (χ2n) is 7.19. The fraction of sp³-hybridized carbons (Fsp3) is 0.474. The van der Waals surface area contributed by atoms with Crippen LogP contribution in [0.25, 0.3) is 0 Å². The zero-order chi connectivity index (χ0) is 19.0. The molecule has 0 bridgehead atoms. The number of benzene rings is 1. The molecule has 1 fully saturated rings. The molecule has 144 valence electrons. The first kappa shape index (κ1) is 17.9. The molecule has 2 N–H and O–H groups in total. The van der Waals surface area contributed by atoms with E-state index in [1.807, 2.05) is 4.57 Å². The Morgan fingerprint density at radius 1 is 1.30 bits per heavy atom. The molecule has 1 aromatic carbocycles. The van der Waals surface area contributed by atoms with Crippen LogP contribution in [0.1, 0.15) is 49.0 Å². The van der Waals surface area contributed by atoms with Gasteiger partial charge < -0.3 is 19.7 Å².